The highest BCUT2D eigenvalue weighted by Gasteiger charge is 2.18. The number of benzene rings is 2. The van der Waals surface area contributed by atoms with Gasteiger partial charge in [-0.2, -0.15) is 14.9 Å². The molecule has 0 saturated heterocycles. The van der Waals surface area contributed by atoms with E-state index in [4.69, 9.17) is 4.74 Å². The number of Topliss-reactive ketones (excluding diaryl/α,β-unsaturated/α-hetero) is 1. The van der Waals surface area contributed by atoms with Crippen LogP contribution in [-0.2, 0) is 6.42 Å². The van der Waals surface area contributed by atoms with E-state index in [2.05, 4.69) is 25.6 Å². The number of anilines is 1. The number of hydrogen-bond donors (Lipinski definition) is 3. The predicted octanol–water partition coefficient (Wildman–Crippen LogP) is 3.79. The first-order valence-electron chi connectivity index (χ1n) is 11.9. The van der Waals surface area contributed by atoms with E-state index >= 15 is 4.39 Å². The van der Waals surface area contributed by atoms with Crippen LogP contribution in [0.2, 0.25) is 0 Å². The second-order valence-electron chi connectivity index (χ2n) is 8.74. The molecule has 3 heterocycles. The van der Waals surface area contributed by atoms with Gasteiger partial charge in [-0.25, -0.2) is 13.8 Å². The van der Waals surface area contributed by atoms with Crippen molar-refractivity contribution in [3.05, 3.63) is 100 Å². The van der Waals surface area contributed by atoms with Crippen molar-refractivity contribution in [2.75, 3.05) is 11.9 Å². The summed E-state index contributed by atoms with van der Waals surface area (Å²) in [5.74, 6) is -1.15. The van der Waals surface area contributed by atoms with E-state index in [1.54, 1.807) is 13.0 Å². The highest BCUT2D eigenvalue weighted by molar-refractivity contribution is 5.97. The second kappa shape index (κ2) is 10.8. The summed E-state index contributed by atoms with van der Waals surface area (Å²) in [6, 6.07) is 11.7. The fourth-order valence-corrected chi connectivity index (χ4v) is 3.92. The zero-order chi connectivity index (χ0) is 27.5. The molecule has 0 spiro atoms. The van der Waals surface area contributed by atoms with Crippen LogP contribution in [0.5, 0.6) is 11.5 Å². The second-order valence-corrected chi connectivity index (χ2v) is 8.74. The summed E-state index contributed by atoms with van der Waals surface area (Å²) in [6.07, 6.45) is 2.53. The van der Waals surface area contributed by atoms with Gasteiger partial charge in [0, 0.05) is 30.9 Å². The van der Waals surface area contributed by atoms with Gasteiger partial charge in [-0.15, -0.1) is 0 Å². The van der Waals surface area contributed by atoms with Crippen LogP contribution in [0, 0.1) is 11.6 Å². The van der Waals surface area contributed by atoms with Gasteiger partial charge in [-0.05, 0) is 55.0 Å². The molecule has 0 unspecified atom stereocenters. The van der Waals surface area contributed by atoms with E-state index < -0.39 is 23.0 Å². The molecule has 0 aliphatic rings. The van der Waals surface area contributed by atoms with Gasteiger partial charge < -0.3 is 15.2 Å². The summed E-state index contributed by atoms with van der Waals surface area (Å²) in [5.41, 5.74) is 0.237. The number of halogens is 2. The summed E-state index contributed by atoms with van der Waals surface area (Å²) < 4.78 is 35.1. The molecule has 5 rings (SSSR count). The SMILES string of the molecule is C[C@@H](CO)Nc1n[nH]c2nccc(Oc3ccc(CC(=O)c4ccnn(-c5ccc(F)cc5)c4=O)cc3F)c12. The van der Waals surface area contributed by atoms with E-state index in [9.17, 15) is 19.1 Å². The minimum atomic E-state index is -0.717. The fourth-order valence-electron chi connectivity index (χ4n) is 3.92. The molecule has 3 aromatic heterocycles. The molecule has 0 aliphatic heterocycles. The Labute approximate surface area is 219 Å². The molecule has 0 amide bonds. The molecule has 198 valence electrons. The number of carbonyl (C=O) groups excluding carboxylic acids is 1. The topological polar surface area (TPSA) is 135 Å². The number of aliphatic hydroxyl groups is 1. The number of ketones is 1. The van der Waals surface area contributed by atoms with Crippen LogP contribution in [-0.4, -0.2) is 48.5 Å². The number of rotatable bonds is 9. The third kappa shape index (κ3) is 5.36. The number of aliphatic hydroxyl groups excluding tert-OH is 1. The number of H-pyrrole nitrogens is 1. The Morgan fingerprint density at radius 2 is 1.90 bits per heavy atom. The largest absolute Gasteiger partial charge is 0.453 e. The number of fused-ring (bicyclic) bond motifs is 1. The van der Waals surface area contributed by atoms with Gasteiger partial charge in [0.15, 0.2) is 28.8 Å². The van der Waals surface area contributed by atoms with Gasteiger partial charge in [-0.3, -0.25) is 14.7 Å². The van der Waals surface area contributed by atoms with Crippen molar-refractivity contribution in [1.29, 1.82) is 0 Å². The Kier molecular flexibility index (Phi) is 7.10. The minimum Gasteiger partial charge on any atom is -0.453 e. The summed E-state index contributed by atoms with van der Waals surface area (Å²) in [5, 5.41) is 23.7. The van der Waals surface area contributed by atoms with Crippen LogP contribution in [0.1, 0.15) is 22.8 Å². The van der Waals surface area contributed by atoms with E-state index in [1.807, 2.05) is 0 Å². The number of pyridine rings is 1. The van der Waals surface area contributed by atoms with E-state index in [1.165, 1.54) is 54.9 Å². The average molecular weight is 533 g/mol. The van der Waals surface area contributed by atoms with Crippen LogP contribution >= 0.6 is 0 Å². The Morgan fingerprint density at radius 3 is 2.64 bits per heavy atom. The maximum Gasteiger partial charge on any atom is 0.282 e. The Balaban J connectivity index is 1.36. The van der Waals surface area contributed by atoms with Crippen molar-refractivity contribution >= 4 is 22.6 Å². The lowest BCUT2D eigenvalue weighted by Gasteiger charge is -2.12. The predicted molar refractivity (Wildman–Crippen MR) is 138 cm³/mol. The quantitative estimate of drug-likeness (QED) is 0.244. The molecule has 3 N–H and O–H groups in total. The third-order valence-corrected chi connectivity index (χ3v) is 5.88. The number of hydrogen-bond acceptors (Lipinski definition) is 8. The smallest absolute Gasteiger partial charge is 0.282 e. The monoisotopic (exact) mass is 532 g/mol. The van der Waals surface area contributed by atoms with Crippen molar-refractivity contribution < 1.29 is 23.4 Å². The van der Waals surface area contributed by atoms with Crippen molar-refractivity contribution in [2.24, 2.45) is 0 Å². The molecular formula is C27H22F2N6O4. The normalized spacial score (nSPS) is 11.9. The van der Waals surface area contributed by atoms with E-state index in [-0.39, 0.29) is 36.1 Å². The molecule has 12 heteroatoms. The first kappa shape index (κ1) is 25.7. The summed E-state index contributed by atoms with van der Waals surface area (Å²) in [6.45, 7) is 1.64. The zero-order valence-corrected chi connectivity index (χ0v) is 20.6. The molecule has 10 nitrogen and oxygen atoms in total. The van der Waals surface area contributed by atoms with Gasteiger partial charge in [0.2, 0.25) is 0 Å². The van der Waals surface area contributed by atoms with Crippen LogP contribution in [0.15, 0.2) is 71.8 Å². The highest BCUT2D eigenvalue weighted by Crippen LogP contribution is 2.34. The van der Waals surface area contributed by atoms with E-state index in [0.29, 0.717) is 28.1 Å². The van der Waals surface area contributed by atoms with Gasteiger partial charge >= 0.3 is 0 Å². The van der Waals surface area contributed by atoms with Crippen molar-refractivity contribution in [1.82, 2.24) is 25.0 Å². The highest BCUT2D eigenvalue weighted by atomic mass is 19.1. The number of carbonyl (C=O) groups is 1. The summed E-state index contributed by atoms with van der Waals surface area (Å²) in [4.78, 5) is 30.0. The molecule has 0 bridgehead atoms. The minimum absolute atomic E-state index is 0.0939. The van der Waals surface area contributed by atoms with Crippen molar-refractivity contribution in [3.8, 4) is 17.2 Å². The molecule has 0 aliphatic carbocycles. The molecular weight excluding hydrogens is 510 g/mol. The average Bonchev–Trinajstić information content (AvgIpc) is 3.34. The molecule has 0 fully saturated rings. The maximum absolute atomic E-state index is 15.0. The van der Waals surface area contributed by atoms with Crippen LogP contribution in [0.25, 0.3) is 16.7 Å². The Hall–Kier alpha value is -4.97. The van der Waals surface area contributed by atoms with Crippen LogP contribution in [0.4, 0.5) is 14.6 Å². The van der Waals surface area contributed by atoms with Crippen molar-refractivity contribution in [3.63, 3.8) is 0 Å². The summed E-state index contributed by atoms with van der Waals surface area (Å²) in [7, 11) is 0. The number of aromatic amines is 1. The number of aromatic nitrogens is 5. The fraction of sp³-hybridized carbons (Fsp3) is 0.148. The lowest BCUT2D eigenvalue weighted by atomic mass is 10.0. The molecule has 2 aromatic carbocycles. The molecule has 1 atom stereocenters. The first-order valence-corrected chi connectivity index (χ1v) is 11.9. The number of nitrogens with one attached hydrogen (secondary N) is 2. The van der Waals surface area contributed by atoms with E-state index in [0.717, 1.165) is 10.7 Å². The Bertz CT molecular complexity index is 1720. The van der Waals surface area contributed by atoms with Gasteiger partial charge in [0.1, 0.15) is 17.0 Å². The lowest BCUT2D eigenvalue weighted by molar-refractivity contribution is 0.0991. The van der Waals surface area contributed by atoms with Gasteiger partial charge in [0.25, 0.3) is 5.56 Å². The zero-order valence-electron chi connectivity index (χ0n) is 20.6. The van der Waals surface area contributed by atoms with Gasteiger partial charge in [-0.1, -0.05) is 6.07 Å². The first-order chi connectivity index (χ1) is 18.8. The molecule has 39 heavy (non-hydrogen) atoms. The maximum atomic E-state index is 15.0. The van der Waals surface area contributed by atoms with Crippen molar-refractivity contribution in [2.45, 2.75) is 19.4 Å². The number of ether oxygens (including phenoxy) is 1. The Morgan fingerprint density at radius 1 is 1.10 bits per heavy atom. The molecule has 5 aromatic rings. The van der Waals surface area contributed by atoms with Crippen LogP contribution < -0.4 is 15.6 Å². The standard InChI is InChI=1S/C27H22F2N6O4/c1-15(14-36)32-26-24-23(9-10-30-25(24)33-34-26)39-22-7-2-16(12-20(22)29)13-21(37)19-8-11-31-35(27(19)38)18-5-3-17(28)4-6-18/h2-12,15,36H,13-14H2,1H3,(H2,30,32,33,34)/t15-/m0/s1. The lowest BCUT2D eigenvalue weighted by Crippen LogP contribution is -2.27. The summed E-state index contributed by atoms with van der Waals surface area (Å²) >= 11 is 0. The molecule has 0 saturated carbocycles. The third-order valence-electron chi connectivity index (χ3n) is 5.88. The number of nitrogens with zero attached hydrogens (tertiary/aromatic N) is 4. The molecule has 0 radical (unpaired) electrons. The van der Waals surface area contributed by atoms with Crippen LogP contribution in [0.3, 0.4) is 0 Å². The van der Waals surface area contributed by atoms with Gasteiger partial charge in [0.05, 0.1) is 17.9 Å².